The van der Waals surface area contributed by atoms with E-state index in [0.29, 0.717) is 30.7 Å². The fraction of sp³-hybridized carbons (Fsp3) is 0.211. The van der Waals surface area contributed by atoms with Crippen LogP contribution in [0.5, 0.6) is 11.5 Å². The summed E-state index contributed by atoms with van der Waals surface area (Å²) in [5.41, 5.74) is 4.11. The summed E-state index contributed by atoms with van der Waals surface area (Å²) < 4.78 is 11.1. The van der Waals surface area contributed by atoms with E-state index in [0.717, 1.165) is 22.7 Å². The smallest absolute Gasteiger partial charge is 0.249 e. The van der Waals surface area contributed by atoms with Gasteiger partial charge in [0.25, 0.3) is 0 Å². The van der Waals surface area contributed by atoms with E-state index in [1.54, 1.807) is 6.20 Å². The highest BCUT2D eigenvalue weighted by molar-refractivity contribution is 5.63. The number of rotatable bonds is 4. The molecule has 4 rings (SSSR count). The zero-order valence-corrected chi connectivity index (χ0v) is 14.6. The van der Waals surface area contributed by atoms with Crippen molar-refractivity contribution in [3.8, 4) is 11.5 Å². The SMILES string of the molecule is Cc1ccc(C)c(Nc2cnnc(Nc3ccc4c(c3)OCCO4)n2)c1. The van der Waals surface area contributed by atoms with Gasteiger partial charge in [0.15, 0.2) is 17.3 Å². The highest BCUT2D eigenvalue weighted by atomic mass is 16.6. The second kappa shape index (κ2) is 6.87. The van der Waals surface area contributed by atoms with Gasteiger partial charge in [0.1, 0.15) is 13.2 Å². The molecule has 0 fully saturated rings. The standard InChI is InChI=1S/C19H19N5O2/c1-12-3-4-13(2)15(9-12)22-18-11-20-24-19(23-18)21-14-5-6-16-17(10-14)26-8-7-25-16/h3-6,9-11H,7-8H2,1-2H3,(H2,21,22,23,24). The van der Waals surface area contributed by atoms with E-state index in [4.69, 9.17) is 9.47 Å². The summed E-state index contributed by atoms with van der Waals surface area (Å²) in [4.78, 5) is 4.48. The highest BCUT2D eigenvalue weighted by Crippen LogP contribution is 2.33. The number of ether oxygens (including phenoxy) is 2. The molecule has 3 aromatic rings. The molecule has 1 aliphatic heterocycles. The number of nitrogens with zero attached hydrogens (tertiary/aromatic N) is 3. The van der Waals surface area contributed by atoms with Crippen molar-refractivity contribution in [2.24, 2.45) is 0 Å². The highest BCUT2D eigenvalue weighted by Gasteiger charge is 2.12. The van der Waals surface area contributed by atoms with Gasteiger partial charge in [-0.1, -0.05) is 12.1 Å². The quantitative estimate of drug-likeness (QED) is 0.742. The van der Waals surface area contributed by atoms with Crippen molar-refractivity contribution in [2.45, 2.75) is 13.8 Å². The largest absolute Gasteiger partial charge is 0.486 e. The fourth-order valence-corrected chi connectivity index (χ4v) is 2.68. The van der Waals surface area contributed by atoms with Crippen molar-refractivity contribution in [3.63, 3.8) is 0 Å². The Morgan fingerprint density at radius 2 is 1.77 bits per heavy atom. The van der Waals surface area contributed by atoms with Crippen molar-refractivity contribution in [3.05, 3.63) is 53.7 Å². The second-order valence-electron chi connectivity index (χ2n) is 6.09. The number of aryl methyl sites for hydroxylation is 2. The fourth-order valence-electron chi connectivity index (χ4n) is 2.68. The van der Waals surface area contributed by atoms with Gasteiger partial charge >= 0.3 is 0 Å². The normalized spacial score (nSPS) is 12.5. The van der Waals surface area contributed by atoms with Gasteiger partial charge in [-0.05, 0) is 43.2 Å². The Morgan fingerprint density at radius 1 is 0.923 bits per heavy atom. The van der Waals surface area contributed by atoms with Crippen LogP contribution in [-0.4, -0.2) is 28.4 Å². The lowest BCUT2D eigenvalue weighted by atomic mass is 10.1. The Kier molecular flexibility index (Phi) is 4.27. The Hall–Kier alpha value is -3.35. The average molecular weight is 349 g/mol. The number of aromatic nitrogens is 3. The minimum absolute atomic E-state index is 0.400. The maximum absolute atomic E-state index is 5.60. The molecular formula is C19H19N5O2. The number of fused-ring (bicyclic) bond motifs is 1. The zero-order chi connectivity index (χ0) is 17.9. The van der Waals surface area contributed by atoms with Crippen LogP contribution in [0.1, 0.15) is 11.1 Å². The molecule has 2 aromatic carbocycles. The van der Waals surface area contributed by atoms with E-state index in [1.165, 1.54) is 5.56 Å². The van der Waals surface area contributed by atoms with Crippen molar-refractivity contribution in [2.75, 3.05) is 23.8 Å². The van der Waals surface area contributed by atoms with Gasteiger partial charge in [-0.2, -0.15) is 10.1 Å². The molecule has 0 bridgehead atoms. The summed E-state index contributed by atoms with van der Waals surface area (Å²) in [6.07, 6.45) is 1.59. The van der Waals surface area contributed by atoms with Gasteiger partial charge in [0, 0.05) is 17.4 Å². The molecule has 26 heavy (non-hydrogen) atoms. The molecule has 0 atom stereocenters. The number of hydrogen-bond donors (Lipinski definition) is 2. The number of nitrogens with one attached hydrogen (secondary N) is 2. The van der Waals surface area contributed by atoms with Crippen LogP contribution in [0.4, 0.5) is 23.1 Å². The first-order valence-corrected chi connectivity index (χ1v) is 8.38. The van der Waals surface area contributed by atoms with E-state index >= 15 is 0 Å². The van der Waals surface area contributed by atoms with Crippen LogP contribution >= 0.6 is 0 Å². The van der Waals surface area contributed by atoms with Crippen LogP contribution in [0.25, 0.3) is 0 Å². The van der Waals surface area contributed by atoms with Crippen molar-refractivity contribution in [1.82, 2.24) is 15.2 Å². The molecule has 0 spiro atoms. The third-order valence-corrected chi connectivity index (χ3v) is 4.01. The summed E-state index contributed by atoms with van der Waals surface area (Å²) in [5.74, 6) is 2.47. The molecule has 1 aliphatic rings. The Labute approximate surface area is 151 Å². The van der Waals surface area contributed by atoms with Gasteiger partial charge in [-0.25, -0.2) is 0 Å². The second-order valence-corrected chi connectivity index (χ2v) is 6.09. The first-order valence-electron chi connectivity index (χ1n) is 8.38. The van der Waals surface area contributed by atoms with Crippen LogP contribution in [0.2, 0.25) is 0 Å². The lowest BCUT2D eigenvalue weighted by Gasteiger charge is -2.19. The molecule has 0 unspecified atom stereocenters. The molecule has 2 N–H and O–H groups in total. The summed E-state index contributed by atoms with van der Waals surface area (Å²) in [6, 6.07) is 11.8. The minimum atomic E-state index is 0.400. The van der Waals surface area contributed by atoms with Gasteiger partial charge in [-0.15, -0.1) is 5.10 Å². The Morgan fingerprint density at radius 3 is 2.65 bits per heavy atom. The zero-order valence-electron chi connectivity index (χ0n) is 14.6. The summed E-state index contributed by atoms with van der Waals surface area (Å²) in [5, 5.41) is 14.5. The summed E-state index contributed by atoms with van der Waals surface area (Å²) in [6.45, 7) is 5.21. The Balaban J connectivity index is 1.53. The molecule has 7 nitrogen and oxygen atoms in total. The molecule has 0 saturated heterocycles. The summed E-state index contributed by atoms with van der Waals surface area (Å²) in [7, 11) is 0. The molecular weight excluding hydrogens is 330 g/mol. The third kappa shape index (κ3) is 3.51. The minimum Gasteiger partial charge on any atom is -0.486 e. The molecule has 0 aliphatic carbocycles. The number of benzene rings is 2. The Bertz CT molecular complexity index is 945. The van der Waals surface area contributed by atoms with E-state index in [2.05, 4.69) is 50.9 Å². The predicted octanol–water partition coefficient (Wildman–Crippen LogP) is 3.75. The molecule has 1 aromatic heterocycles. The lowest BCUT2D eigenvalue weighted by molar-refractivity contribution is 0.171. The lowest BCUT2D eigenvalue weighted by Crippen LogP contribution is -2.15. The van der Waals surface area contributed by atoms with Gasteiger partial charge in [0.05, 0.1) is 6.20 Å². The maximum atomic E-state index is 5.60. The maximum Gasteiger partial charge on any atom is 0.249 e. The van der Waals surface area contributed by atoms with Crippen LogP contribution < -0.4 is 20.1 Å². The van der Waals surface area contributed by atoms with E-state index in [-0.39, 0.29) is 0 Å². The monoisotopic (exact) mass is 349 g/mol. The van der Waals surface area contributed by atoms with E-state index in [9.17, 15) is 0 Å². The van der Waals surface area contributed by atoms with Crippen molar-refractivity contribution < 1.29 is 9.47 Å². The topological polar surface area (TPSA) is 81.2 Å². The third-order valence-electron chi connectivity index (χ3n) is 4.01. The predicted molar refractivity (Wildman–Crippen MR) is 99.7 cm³/mol. The molecule has 132 valence electrons. The van der Waals surface area contributed by atoms with E-state index in [1.807, 2.05) is 25.1 Å². The molecule has 0 radical (unpaired) electrons. The van der Waals surface area contributed by atoms with Crippen LogP contribution in [0.15, 0.2) is 42.6 Å². The first kappa shape index (κ1) is 16.1. The van der Waals surface area contributed by atoms with E-state index < -0.39 is 0 Å². The van der Waals surface area contributed by atoms with Crippen LogP contribution in [-0.2, 0) is 0 Å². The van der Waals surface area contributed by atoms with Gasteiger partial charge < -0.3 is 20.1 Å². The average Bonchev–Trinajstić information content (AvgIpc) is 2.65. The molecule has 0 saturated carbocycles. The molecule has 2 heterocycles. The van der Waals surface area contributed by atoms with Crippen molar-refractivity contribution in [1.29, 1.82) is 0 Å². The van der Waals surface area contributed by atoms with Gasteiger partial charge in [0.2, 0.25) is 5.95 Å². The molecule has 7 heteroatoms. The van der Waals surface area contributed by atoms with Crippen LogP contribution in [0.3, 0.4) is 0 Å². The summed E-state index contributed by atoms with van der Waals surface area (Å²) >= 11 is 0. The van der Waals surface area contributed by atoms with Crippen molar-refractivity contribution >= 4 is 23.1 Å². The number of anilines is 4. The van der Waals surface area contributed by atoms with Gasteiger partial charge in [-0.3, -0.25) is 0 Å². The van der Waals surface area contributed by atoms with Crippen LogP contribution in [0, 0.1) is 13.8 Å². The number of hydrogen-bond acceptors (Lipinski definition) is 7. The molecule has 0 amide bonds. The first-order chi connectivity index (χ1) is 12.7.